The topological polar surface area (TPSA) is 46.9 Å². The zero-order chi connectivity index (χ0) is 18.4. The number of unbranched alkanes of at least 4 members (excludes halogenated alkanes) is 2. The highest BCUT2D eigenvalue weighted by molar-refractivity contribution is 9.10. The molecular formula is C21H24BrN3O. The standard InChI is InChI=1S/C21H24BrN3O/c1-2-3-6-14-25-19-11-5-4-10-18(19)24-20(25)12-13-23-21(26)16-8-7-9-17(22)15-16/h4-5,7-11,15H,2-3,6,12-14H2,1H3,(H,23,26). The zero-order valence-electron chi connectivity index (χ0n) is 15.0. The van der Waals surface area contributed by atoms with Crippen molar-refractivity contribution in [2.75, 3.05) is 6.54 Å². The van der Waals surface area contributed by atoms with Gasteiger partial charge in [-0.15, -0.1) is 0 Å². The molecule has 0 saturated heterocycles. The van der Waals surface area contributed by atoms with Gasteiger partial charge >= 0.3 is 0 Å². The number of nitrogens with zero attached hydrogens (tertiary/aromatic N) is 2. The molecule has 0 aliphatic heterocycles. The number of aryl methyl sites for hydroxylation is 1. The molecule has 0 spiro atoms. The maximum absolute atomic E-state index is 12.3. The Balaban J connectivity index is 1.68. The summed E-state index contributed by atoms with van der Waals surface area (Å²) >= 11 is 3.40. The van der Waals surface area contributed by atoms with E-state index in [9.17, 15) is 4.79 Å². The molecule has 1 heterocycles. The van der Waals surface area contributed by atoms with Crippen molar-refractivity contribution < 1.29 is 4.79 Å². The number of nitrogens with one attached hydrogen (secondary N) is 1. The second-order valence-electron chi connectivity index (χ2n) is 6.39. The molecule has 3 rings (SSSR count). The van der Waals surface area contributed by atoms with Gasteiger partial charge in [0.15, 0.2) is 0 Å². The summed E-state index contributed by atoms with van der Waals surface area (Å²) in [5.74, 6) is 0.983. The van der Waals surface area contributed by atoms with Crippen molar-refractivity contribution in [3.63, 3.8) is 0 Å². The van der Waals surface area contributed by atoms with Gasteiger partial charge in [0.1, 0.15) is 5.82 Å². The van der Waals surface area contributed by atoms with Gasteiger partial charge < -0.3 is 9.88 Å². The van der Waals surface area contributed by atoms with Crippen LogP contribution < -0.4 is 5.32 Å². The summed E-state index contributed by atoms with van der Waals surface area (Å²) < 4.78 is 3.21. The van der Waals surface area contributed by atoms with E-state index in [0.29, 0.717) is 12.1 Å². The normalized spacial score (nSPS) is 11.0. The predicted octanol–water partition coefficient (Wildman–Crippen LogP) is 4.96. The molecule has 0 radical (unpaired) electrons. The van der Waals surface area contributed by atoms with E-state index >= 15 is 0 Å². The van der Waals surface area contributed by atoms with Crippen LogP contribution in [0.1, 0.15) is 42.4 Å². The minimum atomic E-state index is -0.0556. The highest BCUT2D eigenvalue weighted by atomic mass is 79.9. The molecule has 0 bridgehead atoms. The van der Waals surface area contributed by atoms with Crippen LogP contribution in [0.15, 0.2) is 53.0 Å². The van der Waals surface area contributed by atoms with Gasteiger partial charge in [-0.25, -0.2) is 4.98 Å². The van der Waals surface area contributed by atoms with Crippen LogP contribution in [-0.2, 0) is 13.0 Å². The minimum Gasteiger partial charge on any atom is -0.352 e. The van der Waals surface area contributed by atoms with Crippen molar-refractivity contribution in [1.82, 2.24) is 14.9 Å². The number of benzene rings is 2. The average Bonchev–Trinajstić information content (AvgIpc) is 2.99. The first kappa shape index (κ1) is 18.6. The number of carbonyl (C=O) groups is 1. The highest BCUT2D eigenvalue weighted by Gasteiger charge is 2.11. The molecule has 26 heavy (non-hydrogen) atoms. The maximum atomic E-state index is 12.3. The number of para-hydroxylation sites is 2. The first-order chi connectivity index (χ1) is 12.7. The number of halogens is 1. The van der Waals surface area contributed by atoms with E-state index in [0.717, 1.165) is 35.2 Å². The average molecular weight is 414 g/mol. The van der Waals surface area contributed by atoms with E-state index in [1.165, 1.54) is 18.4 Å². The van der Waals surface area contributed by atoms with E-state index in [1.54, 1.807) is 0 Å². The largest absolute Gasteiger partial charge is 0.352 e. The fourth-order valence-corrected chi connectivity index (χ4v) is 3.50. The first-order valence-electron chi connectivity index (χ1n) is 9.17. The first-order valence-corrected chi connectivity index (χ1v) is 9.96. The molecule has 0 aliphatic rings. The number of hydrogen-bond donors (Lipinski definition) is 1. The molecule has 2 aromatic carbocycles. The third-order valence-corrected chi connectivity index (χ3v) is 4.93. The van der Waals surface area contributed by atoms with Gasteiger partial charge in [-0.3, -0.25) is 4.79 Å². The molecule has 0 unspecified atom stereocenters. The van der Waals surface area contributed by atoms with Gasteiger partial charge in [0.05, 0.1) is 11.0 Å². The Kier molecular flexibility index (Phi) is 6.45. The summed E-state index contributed by atoms with van der Waals surface area (Å²) in [4.78, 5) is 17.1. The van der Waals surface area contributed by atoms with Crippen LogP contribution in [0.2, 0.25) is 0 Å². The van der Waals surface area contributed by atoms with E-state index in [4.69, 9.17) is 4.98 Å². The lowest BCUT2D eigenvalue weighted by molar-refractivity contribution is 0.0954. The van der Waals surface area contributed by atoms with Crippen LogP contribution in [-0.4, -0.2) is 22.0 Å². The van der Waals surface area contributed by atoms with Gasteiger partial charge in [-0.1, -0.05) is 53.9 Å². The number of fused-ring (bicyclic) bond motifs is 1. The Morgan fingerprint density at radius 3 is 2.81 bits per heavy atom. The lowest BCUT2D eigenvalue weighted by Crippen LogP contribution is -2.26. The van der Waals surface area contributed by atoms with Crippen molar-refractivity contribution in [1.29, 1.82) is 0 Å². The second-order valence-corrected chi connectivity index (χ2v) is 7.31. The van der Waals surface area contributed by atoms with Crippen LogP contribution in [0.5, 0.6) is 0 Å². The third kappa shape index (κ3) is 4.52. The summed E-state index contributed by atoms with van der Waals surface area (Å²) in [7, 11) is 0. The van der Waals surface area contributed by atoms with Gasteiger partial charge in [0, 0.05) is 29.5 Å². The Hall–Kier alpha value is -2.14. The summed E-state index contributed by atoms with van der Waals surface area (Å²) in [6, 6.07) is 15.7. The highest BCUT2D eigenvalue weighted by Crippen LogP contribution is 2.18. The van der Waals surface area contributed by atoms with Gasteiger partial charge in [0.25, 0.3) is 5.91 Å². The zero-order valence-corrected chi connectivity index (χ0v) is 16.6. The van der Waals surface area contributed by atoms with Crippen LogP contribution in [0.3, 0.4) is 0 Å². The monoisotopic (exact) mass is 413 g/mol. The van der Waals surface area contributed by atoms with Crippen molar-refractivity contribution in [3.05, 3.63) is 64.4 Å². The molecule has 1 N–H and O–H groups in total. The fraction of sp³-hybridized carbons (Fsp3) is 0.333. The van der Waals surface area contributed by atoms with Crippen LogP contribution in [0.25, 0.3) is 11.0 Å². The summed E-state index contributed by atoms with van der Waals surface area (Å²) in [6.07, 6.45) is 4.28. The van der Waals surface area contributed by atoms with Crippen LogP contribution >= 0.6 is 15.9 Å². The smallest absolute Gasteiger partial charge is 0.251 e. The van der Waals surface area contributed by atoms with Crippen molar-refractivity contribution >= 4 is 32.9 Å². The SMILES string of the molecule is CCCCCn1c(CCNC(=O)c2cccc(Br)c2)nc2ccccc21. The number of aromatic nitrogens is 2. The summed E-state index contributed by atoms with van der Waals surface area (Å²) in [6.45, 7) is 3.76. The molecule has 1 aromatic heterocycles. The van der Waals surface area contributed by atoms with Gasteiger partial charge in [-0.05, 0) is 36.8 Å². The molecule has 0 atom stereocenters. The molecule has 0 saturated carbocycles. The molecule has 4 nitrogen and oxygen atoms in total. The minimum absolute atomic E-state index is 0.0556. The van der Waals surface area contributed by atoms with Crippen molar-refractivity contribution in [2.24, 2.45) is 0 Å². The Morgan fingerprint density at radius 2 is 2.00 bits per heavy atom. The Labute approximate surface area is 162 Å². The lowest BCUT2D eigenvalue weighted by Gasteiger charge is -2.10. The Morgan fingerprint density at radius 1 is 1.15 bits per heavy atom. The summed E-state index contributed by atoms with van der Waals surface area (Å²) in [5.41, 5.74) is 2.87. The summed E-state index contributed by atoms with van der Waals surface area (Å²) in [5, 5.41) is 3.00. The molecule has 3 aromatic rings. The molecule has 136 valence electrons. The van der Waals surface area contributed by atoms with E-state index in [-0.39, 0.29) is 5.91 Å². The van der Waals surface area contributed by atoms with Crippen LogP contribution in [0.4, 0.5) is 0 Å². The number of carbonyl (C=O) groups excluding carboxylic acids is 1. The van der Waals surface area contributed by atoms with Crippen molar-refractivity contribution in [2.45, 2.75) is 39.2 Å². The molecular weight excluding hydrogens is 390 g/mol. The molecule has 5 heteroatoms. The number of hydrogen-bond acceptors (Lipinski definition) is 2. The quantitative estimate of drug-likeness (QED) is 0.530. The predicted molar refractivity (Wildman–Crippen MR) is 109 cm³/mol. The fourth-order valence-electron chi connectivity index (χ4n) is 3.11. The molecule has 0 aliphatic carbocycles. The van der Waals surface area contributed by atoms with Gasteiger partial charge in [0.2, 0.25) is 0 Å². The number of rotatable bonds is 8. The second kappa shape index (κ2) is 8.99. The lowest BCUT2D eigenvalue weighted by atomic mass is 10.2. The van der Waals surface area contributed by atoms with Crippen molar-refractivity contribution in [3.8, 4) is 0 Å². The maximum Gasteiger partial charge on any atom is 0.251 e. The van der Waals surface area contributed by atoms with Crippen LogP contribution in [0, 0.1) is 0 Å². The van der Waals surface area contributed by atoms with E-state index in [1.807, 2.05) is 30.3 Å². The molecule has 0 fully saturated rings. The Bertz CT molecular complexity index is 888. The number of amides is 1. The van der Waals surface area contributed by atoms with Gasteiger partial charge in [-0.2, -0.15) is 0 Å². The third-order valence-electron chi connectivity index (χ3n) is 4.44. The van der Waals surface area contributed by atoms with E-state index in [2.05, 4.69) is 50.9 Å². The number of imidazole rings is 1. The molecule has 1 amide bonds. The van der Waals surface area contributed by atoms with E-state index < -0.39 is 0 Å².